The third kappa shape index (κ3) is 3.71. The van der Waals surface area contributed by atoms with Crippen LogP contribution in [0.2, 0.25) is 4.34 Å². The van der Waals surface area contributed by atoms with Gasteiger partial charge in [-0.3, -0.25) is 9.69 Å². The van der Waals surface area contributed by atoms with Crippen molar-refractivity contribution >= 4 is 39.8 Å². The fourth-order valence-corrected chi connectivity index (χ4v) is 4.26. The number of para-hydroxylation sites is 1. The van der Waals surface area contributed by atoms with Gasteiger partial charge in [0, 0.05) is 43.0 Å². The van der Waals surface area contributed by atoms with Crippen LogP contribution in [0.4, 0.5) is 0 Å². The van der Waals surface area contributed by atoms with E-state index >= 15 is 0 Å². The average Bonchev–Trinajstić information content (AvgIpc) is 3.22. The summed E-state index contributed by atoms with van der Waals surface area (Å²) in [5, 5.41) is 4.98. The van der Waals surface area contributed by atoms with Gasteiger partial charge >= 0.3 is 0 Å². The molecule has 2 aromatic heterocycles. The fourth-order valence-electron chi connectivity index (χ4n) is 3.13. The van der Waals surface area contributed by atoms with Crippen LogP contribution < -0.4 is 0 Å². The second-order valence-corrected chi connectivity index (χ2v) is 7.96. The molecule has 1 aliphatic rings. The Hall–Kier alpha value is -1.89. The molecule has 4 rings (SSSR count). The third-order valence-electron chi connectivity index (χ3n) is 4.50. The Morgan fingerprint density at radius 1 is 1.16 bits per heavy atom. The van der Waals surface area contributed by atoms with E-state index in [0.717, 1.165) is 53.7 Å². The van der Waals surface area contributed by atoms with Crippen molar-refractivity contribution in [3.63, 3.8) is 0 Å². The van der Waals surface area contributed by atoms with Crippen LogP contribution in [0.15, 0.2) is 40.9 Å². The largest absolute Gasteiger partial charge is 0.356 e. The van der Waals surface area contributed by atoms with Gasteiger partial charge in [-0.15, -0.1) is 11.3 Å². The molecule has 0 unspecified atom stereocenters. The summed E-state index contributed by atoms with van der Waals surface area (Å²) < 4.78 is 6.11. The van der Waals surface area contributed by atoms with Crippen molar-refractivity contribution < 1.29 is 9.32 Å². The number of carbonyl (C=O) groups excluding carboxylic acids is 1. The van der Waals surface area contributed by atoms with Gasteiger partial charge in [-0.2, -0.15) is 0 Å². The van der Waals surface area contributed by atoms with E-state index in [2.05, 4.69) is 16.1 Å². The van der Waals surface area contributed by atoms with Gasteiger partial charge in [0.1, 0.15) is 5.69 Å². The van der Waals surface area contributed by atoms with E-state index in [9.17, 15) is 4.79 Å². The maximum atomic E-state index is 12.6. The molecule has 1 saturated heterocycles. The summed E-state index contributed by atoms with van der Waals surface area (Å²) in [5.41, 5.74) is 1.45. The topological polar surface area (TPSA) is 49.6 Å². The molecule has 25 heavy (non-hydrogen) atoms. The second-order valence-electron chi connectivity index (χ2n) is 6.16. The van der Waals surface area contributed by atoms with E-state index in [1.165, 1.54) is 4.88 Å². The number of amides is 1. The summed E-state index contributed by atoms with van der Waals surface area (Å²) in [7, 11) is 0. The van der Waals surface area contributed by atoms with Crippen LogP contribution >= 0.6 is 22.9 Å². The van der Waals surface area contributed by atoms with Crippen molar-refractivity contribution in [2.75, 3.05) is 26.2 Å². The van der Waals surface area contributed by atoms with Crippen molar-refractivity contribution in [1.82, 2.24) is 15.0 Å². The molecule has 0 atom stereocenters. The van der Waals surface area contributed by atoms with Gasteiger partial charge in [0.2, 0.25) is 5.91 Å². The molecule has 1 amide bonds. The standard InChI is InChI=1S/C18H18ClN3O2S/c19-17-6-5-13(25-17)12-21-7-9-22(10-8-21)18(23)11-15-14-3-1-2-4-16(14)24-20-15/h1-6H,7-12H2. The molecule has 0 aliphatic carbocycles. The number of hydrogen-bond donors (Lipinski definition) is 0. The molecule has 0 saturated carbocycles. The highest BCUT2D eigenvalue weighted by atomic mass is 35.5. The zero-order valence-corrected chi connectivity index (χ0v) is 15.2. The maximum Gasteiger partial charge on any atom is 0.228 e. The van der Waals surface area contributed by atoms with Crippen LogP contribution in [0.1, 0.15) is 10.6 Å². The Bertz CT molecular complexity index is 883. The van der Waals surface area contributed by atoms with E-state index in [0.29, 0.717) is 0 Å². The Labute approximate surface area is 154 Å². The molecule has 1 aromatic carbocycles. The molecule has 1 aliphatic heterocycles. The Balaban J connectivity index is 1.33. The van der Waals surface area contributed by atoms with Gasteiger partial charge in [-0.05, 0) is 24.3 Å². The Morgan fingerprint density at radius 3 is 2.72 bits per heavy atom. The van der Waals surface area contributed by atoms with E-state index < -0.39 is 0 Å². The van der Waals surface area contributed by atoms with Crippen molar-refractivity contribution in [3.8, 4) is 0 Å². The summed E-state index contributed by atoms with van der Waals surface area (Å²) in [6.07, 6.45) is 0.289. The summed E-state index contributed by atoms with van der Waals surface area (Å²) in [4.78, 5) is 18.1. The number of halogens is 1. The summed E-state index contributed by atoms with van der Waals surface area (Å²) in [6.45, 7) is 4.14. The van der Waals surface area contributed by atoms with Crippen LogP contribution in [-0.2, 0) is 17.8 Å². The number of carbonyl (C=O) groups is 1. The summed E-state index contributed by atoms with van der Waals surface area (Å²) in [6, 6.07) is 11.6. The first-order valence-electron chi connectivity index (χ1n) is 8.27. The summed E-state index contributed by atoms with van der Waals surface area (Å²) in [5.74, 6) is 0.109. The Morgan fingerprint density at radius 2 is 1.96 bits per heavy atom. The van der Waals surface area contributed by atoms with Crippen LogP contribution in [0.25, 0.3) is 11.0 Å². The lowest BCUT2D eigenvalue weighted by Crippen LogP contribution is -2.48. The van der Waals surface area contributed by atoms with Crippen LogP contribution in [-0.4, -0.2) is 47.0 Å². The third-order valence-corrected chi connectivity index (χ3v) is 5.72. The van der Waals surface area contributed by atoms with E-state index in [4.69, 9.17) is 16.1 Å². The van der Waals surface area contributed by atoms with Crippen LogP contribution in [0, 0.1) is 0 Å². The average molecular weight is 376 g/mol. The number of aromatic nitrogens is 1. The molecule has 0 spiro atoms. The first-order valence-corrected chi connectivity index (χ1v) is 9.46. The minimum atomic E-state index is 0.109. The number of nitrogens with zero attached hydrogens (tertiary/aromatic N) is 3. The number of thiophene rings is 1. The molecule has 3 heterocycles. The molecule has 7 heteroatoms. The predicted octanol–water partition coefficient (Wildman–Crippen LogP) is 3.43. The lowest BCUT2D eigenvalue weighted by atomic mass is 10.1. The summed E-state index contributed by atoms with van der Waals surface area (Å²) >= 11 is 7.60. The van der Waals surface area contributed by atoms with Gasteiger partial charge in [0.05, 0.1) is 10.8 Å². The SMILES string of the molecule is O=C(Cc1noc2ccccc12)N1CCN(Cc2ccc(Cl)s2)CC1. The number of fused-ring (bicyclic) bond motifs is 1. The van der Waals surface area contributed by atoms with E-state index in [-0.39, 0.29) is 12.3 Å². The molecule has 130 valence electrons. The van der Waals surface area contributed by atoms with Gasteiger partial charge in [0.15, 0.2) is 5.58 Å². The highest BCUT2D eigenvalue weighted by Gasteiger charge is 2.23. The molecule has 5 nitrogen and oxygen atoms in total. The smallest absolute Gasteiger partial charge is 0.228 e. The van der Waals surface area contributed by atoms with Crippen molar-refractivity contribution in [2.24, 2.45) is 0 Å². The zero-order chi connectivity index (χ0) is 17.2. The fraction of sp³-hybridized carbons (Fsp3) is 0.333. The molecule has 3 aromatic rings. The number of piperazine rings is 1. The van der Waals surface area contributed by atoms with Gasteiger partial charge < -0.3 is 9.42 Å². The van der Waals surface area contributed by atoms with Crippen molar-refractivity contribution in [3.05, 3.63) is 51.3 Å². The monoisotopic (exact) mass is 375 g/mol. The van der Waals surface area contributed by atoms with Crippen molar-refractivity contribution in [2.45, 2.75) is 13.0 Å². The lowest BCUT2D eigenvalue weighted by molar-refractivity contribution is -0.132. The molecule has 0 N–H and O–H groups in total. The predicted molar refractivity (Wildman–Crippen MR) is 98.9 cm³/mol. The van der Waals surface area contributed by atoms with E-state index in [1.807, 2.05) is 35.2 Å². The quantitative estimate of drug-likeness (QED) is 0.701. The lowest BCUT2D eigenvalue weighted by Gasteiger charge is -2.34. The van der Waals surface area contributed by atoms with Gasteiger partial charge in [0.25, 0.3) is 0 Å². The molecule has 0 radical (unpaired) electrons. The first kappa shape index (κ1) is 16.6. The molecule has 1 fully saturated rings. The molecule has 0 bridgehead atoms. The normalized spacial score (nSPS) is 15.8. The Kier molecular flexibility index (Phi) is 4.74. The number of hydrogen-bond acceptors (Lipinski definition) is 5. The maximum absolute atomic E-state index is 12.6. The van der Waals surface area contributed by atoms with Gasteiger partial charge in [-0.1, -0.05) is 28.9 Å². The number of benzene rings is 1. The zero-order valence-electron chi connectivity index (χ0n) is 13.7. The number of rotatable bonds is 4. The van der Waals surface area contributed by atoms with Crippen LogP contribution in [0.3, 0.4) is 0 Å². The molecular weight excluding hydrogens is 358 g/mol. The van der Waals surface area contributed by atoms with Gasteiger partial charge in [-0.25, -0.2) is 0 Å². The van der Waals surface area contributed by atoms with Crippen LogP contribution in [0.5, 0.6) is 0 Å². The minimum absolute atomic E-state index is 0.109. The molecular formula is C18H18ClN3O2S. The van der Waals surface area contributed by atoms with E-state index in [1.54, 1.807) is 11.3 Å². The minimum Gasteiger partial charge on any atom is -0.356 e. The highest BCUT2D eigenvalue weighted by Crippen LogP contribution is 2.23. The highest BCUT2D eigenvalue weighted by molar-refractivity contribution is 7.16. The first-order chi connectivity index (χ1) is 12.2. The van der Waals surface area contributed by atoms with Crippen molar-refractivity contribution in [1.29, 1.82) is 0 Å². The second kappa shape index (κ2) is 7.15.